The van der Waals surface area contributed by atoms with Gasteiger partial charge in [-0.1, -0.05) is 164 Å². The van der Waals surface area contributed by atoms with Gasteiger partial charge in [-0.05, 0) is 69.4 Å². The lowest BCUT2D eigenvalue weighted by Gasteiger charge is -2.15. The molecule has 0 atom stereocenters. The van der Waals surface area contributed by atoms with E-state index in [0.717, 1.165) is 39.3 Å². The molecule has 0 unspecified atom stereocenters. The van der Waals surface area contributed by atoms with Crippen molar-refractivity contribution in [2.24, 2.45) is 0 Å². The Morgan fingerprint density at radius 3 is 1.38 bits per heavy atom. The lowest BCUT2D eigenvalue weighted by molar-refractivity contribution is 1.18. The predicted molar refractivity (Wildman–Crippen MR) is 221 cm³/mol. The second-order valence-electron chi connectivity index (χ2n) is 13.4. The fourth-order valence-corrected chi connectivity index (χ4v) is 7.73. The van der Waals surface area contributed by atoms with E-state index in [0.29, 0.717) is 5.82 Å². The Labute approximate surface area is 308 Å². The van der Waals surface area contributed by atoms with Gasteiger partial charge in [0.15, 0.2) is 5.82 Å². The van der Waals surface area contributed by atoms with Gasteiger partial charge in [-0.3, -0.25) is 0 Å². The van der Waals surface area contributed by atoms with Gasteiger partial charge in [0.25, 0.3) is 0 Å². The van der Waals surface area contributed by atoms with E-state index in [-0.39, 0.29) is 0 Å². The van der Waals surface area contributed by atoms with Gasteiger partial charge in [0.2, 0.25) is 0 Å². The zero-order valence-electron chi connectivity index (χ0n) is 28.9. The van der Waals surface area contributed by atoms with E-state index in [1.165, 1.54) is 49.3 Å². The number of hydrogen-bond acceptors (Lipinski definition) is 2. The number of para-hydroxylation sites is 2. The molecule has 0 aliphatic heterocycles. The van der Waals surface area contributed by atoms with E-state index in [4.69, 9.17) is 9.97 Å². The molecule has 0 aliphatic rings. The second kappa shape index (κ2) is 12.9. The van der Waals surface area contributed by atoms with Crippen LogP contribution in [0.5, 0.6) is 0 Å². The summed E-state index contributed by atoms with van der Waals surface area (Å²) in [6.45, 7) is 0. The van der Waals surface area contributed by atoms with Crippen LogP contribution in [0.4, 0.5) is 0 Å². The van der Waals surface area contributed by atoms with Crippen LogP contribution >= 0.6 is 0 Å². The molecule has 0 saturated carbocycles. The molecule has 3 nitrogen and oxygen atoms in total. The zero-order valence-corrected chi connectivity index (χ0v) is 28.9. The molecule has 0 N–H and O–H groups in total. The van der Waals surface area contributed by atoms with Crippen molar-refractivity contribution < 1.29 is 0 Å². The summed E-state index contributed by atoms with van der Waals surface area (Å²) < 4.78 is 2.38. The number of aromatic nitrogens is 3. The Bertz CT molecular complexity index is 2830. The summed E-state index contributed by atoms with van der Waals surface area (Å²) in [5.74, 6) is 0.713. The molecule has 10 aromatic rings. The van der Waals surface area contributed by atoms with E-state index >= 15 is 0 Å². The van der Waals surface area contributed by atoms with Gasteiger partial charge in [0, 0.05) is 33.2 Å². The van der Waals surface area contributed by atoms with Crippen molar-refractivity contribution in [1.29, 1.82) is 0 Å². The standard InChI is InChI=1S/C50H33N3/c1-3-15-34(16-4-1)46-33-47(52-50(51-46)35-17-5-2-6-18-35)38-21-13-19-36(31-38)40-29-30-41(43-24-8-7-23-42(40)43)37-20-14-22-39(32-37)53-48-27-11-9-25-44(48)45-26-10-12-28-49(45)53/h1-33H. The number of benzene rings is 8. The van der Waals surface area contributed by atoms with Crippen LogP contribution in [0.1, 0.15) is 0 Å². The van der Waals surface area contributed by atoms with E-state index in [9.17, 15) is 0 Å². The molecule has 53 heavy (non-hydrogen) atoms. The van der Waals surface area contributed by atoms with Gasteiger partial charge in [-0.15, -0.1) is 0 Å². The highest BCUT2D eigenvalue weighted by Crippen LogP contribution is 2.39. The van der Waals surface area contributed by atoms with Crippen LogP contribution in [0.15, 0.2) is 200 Å². The second-order valence-corrected chi connectivity index (χ2v) is 13.4. The third-order valence-corrected chi connectivity index (χ3v) is 10.2. The van der Waals surface area contributed by atoms with Crippen LogP contribution in [0.2, 0.25) is 0 Å². The van der Waals surface area contributed by atoms with Crippen LogP contribution in [-0.4, -0.2) is 14.5 Å². The summed E-state index contributed by atoms with van der Waals surface area (Å²) in [4.78, 5) is 10.1. The Hall–Kier alpha value is -7.10. The van der Waals surface area contributed by atoms with Crippen LogP contribution < -0.4 is 0 Å². The van der Waals surface area contributed by atoms with Gasteiger partial charge in [-0.25, -0.2) is 9.97 Å². The largest absolute Gasteiger partial charge is 0.309 e. The van der Waals surface area contributed by atoms with Crippen molar-refractivity contribution in [3.05, 3.63) is 200 Å². The van der Waals surface area contributed by atoms with Gasteiger partial charge < -0.3 is 4.57 Å². The van der Waals surface area contributed by atoms with Gasteiger partial charge in [0.05, 0.1) is 22.4 Å². The van der Waals surface area contributed by atoms with Gasteiger partial charge in [0.1, 0.15) is 0 Å². The summed E-state index contributed by atoms with van der Waals surface area (Å²) >= 11 is 0. The monoisotopic (exact) mass is 675 g/mol. The number of rotatable bonds is 6. The Morgan fingerprint density at radius 1 is 0.302 bits per heavy atom. The Balaban J connectivity index is 1.08. The van der Waals surface area contributed by atoms with Crippen LogP contribution in [-0.2, 0) is 0 Å². The van der Waals surface area contributed by atoms with Crippen LogP contribution in [0.25, 0.3) is 94.4 Å². The molecular weight excluding hydrogens is 643 g/mol. The Kier molecular flexibility index (Phi) is 7.47. The van der Waals surface area contributed by atoms with E-state index in [1.54, 1.807) is 0 Å². The van der Waals surface area contributed by atoms with Crippen molar-refractivity contribution in [1.82, 2.24) is 14.5 Å². The molecule has 8 aromatic carbocycles. The average Bonchev–Trinajstić information content (AvgIpc) is 3.58. The average molecular weight is 676 g/mol. The summed E-state index contributed by atoms with van der Waals surface area (Å²) in [7, 11) is 0. The summed E-state index contributed by atoms with van der Waals surface area (Å²) in [6, 6.07) is 71.0. The highest BCUT2D eigenvalue weighted by Gasteiger charge is 2.16. The number of nitrogens with zero attached hydrogens (tertiary/aromatic N) is 3. The highest BCUT2D eigenvalue weighted by atomic mass is 15.0. The molecule has 2 aromatic heterocycles. The maximum atomic E-state index is 5.10. The molecule has 0 bridgehead atoms. The third-order valence-electron chi connectivity index (χ3n) is 10.2. The first-order valence-corrected chi connectivity index (χ1v) is 18.0. The molecule has 0 saturated heterocycles. The maximum absolute atomic E-state index is 5.10. The molecule has 0 spiro atoms. The van der Waals surface area contributed by atoms with Crippen molar-refractivity contribution in [2.45, 2.75) is 0 Å². The molecule has 0 radical (unpaired) electrons. The molecule has 3 heteroatoms. The molecule has 2 heterocycles. The minimum absolute atomic E-state index is 0.713. The quantitative estimate of drug-likeness (QED) is 0.176. The molecule has 0 amide bonds. The number of fused-ring (bicyclic) bond motifs is 4. The fraction of sp³-hybridized carbons (Fsp3) is 0. The predicted octanol–water partition coefficient (Wildman–Crippen LogP) is 13.1. The van der Waals surface area contributed by atoms with Crippen LogP contribution in [0.3, 0.4) is 0 Å². The lowest BCUT2D eigenvalue weighted by Crippen LogP contribution is -1.96. The molecule has 0 fully saturated rings. The maximum Gasteiger partial charge on any atom is 0.160 e. The highest BCUT2D eigenvalue weighted by molar-refractivity contribution is 6.09. The fourth-order valence-electron chi connectivity index (χ4n) is 7.73. The zero-order chi connectivity index (χ0) is 35.1. The van der Waals surface area contributed by atoms with Crippen LogP contribution in [0, 0.1) is 0 Å². The van der Waals surface area contributed by atoms with E-state index in [2.05, 4.69) is 180 Å². The SMILES string of the molecule is c1ccc(-c2cc(-c3cccc(-c4ccc(-c5cccc(-n6c7ccccc7c7ccccc76)c5)c5ccccc45)c3)nc(-c3ccccc3)n2)cc1. The van der Waals surface area contributed by atoms with Gasteiger partial charge in [-0.2, -0.15) is 0 Å². The third kappa shape index (κ3) is 5.47. The minimum atomic E-state index is 0.713. The molecular formula is C50H33N3. The first kappa shape index (κ1) is 30.7. The van der Waals surface area contributed by atoms with E-state index < -0.39 is 0 Å². The topological polar surface area (TPSA) is 30.7 Å². The summed E-state index contributed by atoms with van der Waals surface area (Å²) in [5, 5.41) is 4.96. The normalized spacial score (nSPS) is 11.4. The first-order valence-electron chi connectivity index (χ1n) is 18.0. The minimum Gasteiger partial charge on any atom is -0.309 e. The Morgan fingerprint density at radius 2 is 0.755 bits per heavy atom. The van der Waals surface area contributed by atoms with Crippen molar-refractivity contribution in [3.63, 3.8) is 0 Å². The molecule has 0 aliphatic carbocycles. The van der Waals surface area contributed by atoms with E-state index in [1.807, 2.05) is 24.3 Å². The smallest absolute Gasteiger partial charge is 0.160 e. The van der Waals surface area contributed by atoms with Crippen molar-refractivity contribution in [3.8, 4) is 61.8 Å². The van der Waals surface area contributed by atoms with Gasteiger partial charge >= 0.3 is 0 Å². The molecule has 10 rings (SSSR count). The van der Waals surface area contributed by atoms with Crippen molar-refractivity contribution >= 4 is 32.6 Å². The lowest BCUT2D eigenvalue weighted by atomic mass is 9.91. The first-order chi connectivity index (χ1) is 26.3. The molecule has 248 valence electrons. The summed E-state index contributed by atoms with van der Waals surface area (Å²) in [6.07, 6.45) is 0. The number of hydrogen-bond donors (Lipinski definition) is 0. The van der Waals surface area contributed by atoms with Crippen molar-refractivity contribution in [2.75, 3.05) is 0 Å². The summed E-state index contributed by atoms with van der Waals surface area (Å²) in [5.41, 5.74) is 13.2.